The summed E-state index contributed by atoms with van der Waals surface area (Å²) in [6.07, 6.45) is 2.61. The molecular formula is C18H25N3O3. The van der Waals surface area contributed by atoms with E-state index in [1.165, 1.54) is 5.56 Å². The number of carbonyl (C=O) groups is 3. The van der Waals surface area contributed by atoms with Crippen LogP contribution in [0.25, 0.3) is 0 Å². The fraction of sp³-hybridized carbons (Fsp3) is 0.500. The summed E-state index contributed by atoms with van der Waals surface area (Å²) in [5, 5.41) is 2.55. The van der Waals surface area contributed by atoms with Gasteiger partial charge in [-0.25, -0.2) is 0 Å². The molecule has 0 bridgehead atoms. The van der Waals surface area contributed by atoms with Crippen molar-refractivity contribution >= 4 is 17.7 Å². The molecule has 1 aromatic carbocycles. The van der Waals surface area contributed by atoms with Gasteiger partial charge in [0.15, 0.2) is 0 Å². The number of hydrazine groups is 1. The lowest BCUT2D eigenvalue weighted by Crippen LogP contribution is -2.49. The summed E-state index contributed by atoms with van der Waals surface area (Å²) in [7, 11) is 0. The molecule has 1 saturated carbocycles. The van der Waals surface area contributed by atoms with Crippen molar-refractivity contribution in [1.29, 1.82) is 0 Å². The first kappa shape index (κ1) is 18.0. The van der Waals surface area contributed by atoms with Gasteiger partial charge in [0.05, 0.1) is 0 Å². The molecule has 24 heavy (non-hydrogen) atoms. The quantitative estimate of drug-likeness (QED) is 0.575. The zero-order chi connectivity index (χ0) is 17.7. The summed E-state index contributed by atoms with van der Waals surface area (Å²) in [4.78, 5) is 34.6. The van der Waals surface area contributed by atoms with Gasteiger partial charge in [0.2, 0.25) is 5.91 Å². The van der Waals surface area contributed by atoms with Crippen LogP contribution >= 0.6 is 0 Å². The van der Waals surface area contributed by atoms with Crippen molar-refractivity contribution < 1.29 is 14.4 Å². The first-order valence-electron chi connectivity index (χ1n) is 8.25. The maximum absolute atomic E-state index is 11.7. The van der Waals surface area contributed by atoms with E-state index in [2.05, 4.69) is 49.1 Å². The summed E-state index contributed by atoms with van der Waals surface area (Å²) in [5.41, 5.74) is 6.78. The maximum atomic E-state index is 11.7. The van der Waals surface area contributed by atoms with Crippen LogP contribution < -0.4 is 16.2 Å². The number of hydrogen-bond donors (Lipinski definition) is 3. The Morgan fingerprint density at radius 3 is 2.17 bits per heavy atom. The van der Waals surface area contributed by atoms with Crippen molar-refractivity contribution in [3.8, 4) is 0 Å². The van der Waals surface area contributed by atoms with Gasteiger partial charge in [-0.15, -0.1) is 0 Å². The van der Waals surface area contributed by atoms with Gasteiger partial charge < -0.3 is 5.32 Å². The summed E-state index contributed by atoms with van der Waals surface area (Å²) >= 11 is 0. The van der Waals surface area contributed by atoms with Crippen molar-refractivity contribution in [2.24, 2.45) is 0 Å². The molecular weight excluding hydrogens is 306 g/mol. The van der Waals surface area contributed by atoms with Crippen LogP contribution in [0.5, 0.6) is 0 Å². The topological polar surface area (TPSA) is 87.3 Å². The molecule has 130 valence electrons. The normalized spacial score (nSPS) is 14.0. The van der Waals surface area contributed by atoms with Gasteiger partial charge in [-0.3, -0.25) is 25.2 Å². The minimum absolute atomic E-state index is 0.0984. The van der Waals surface area contributed by atoms with E-state index in [-0.39, 0.29) is 23.8 Å². The number of nitrogens with one attached hydrogen (secondary N) is 3. The second-order valence-corrected chi connectivity index (χ2v) is 7.20. The van der Waals surface area contributed by atoms with Crippen LogP contribution in [0.3, 0.4) is 0 Å². The number of carbonyl (C=O) groups excluding carboxylic acids is 3. The standard InChI is InChI=1S/C18H25N3O3/c1-18(2,3)13-7-4-12(5-8-13)6-11-15(22)20-21-17(24)16(23)19-14-9-10-14/h4-5,7-8,14H,6,9-11H2,1-3H3,(H,19,23)(H,20,22)(H,21,24). The number of benzene rings is 1. The van der Waals surface area contributed by atoms with E-state index >= 15 is 0 Å². The van der Waals surface area contributed by atoms with Crippen LogP contribution in [-0.2, 0) is 26.2 Å². The molecule has 2 rings (SSSR count). The lowest BCUT2D eigenvalue weighted by atomic mass is 9.86. The van der Waals surface area contributed by atoms with E-state index in [0.717, 1.165) is 18.4 Å². The molecule has 6 heteroatoms. The number of amides is 3. The van der Waals surface area contributed by atoms with Crippen molar-refractivity contribution in [1.82, 2.24) is 16.2 Å². The van der Waals surface area contributed by atoms with Gasteiger partial charge in [-0.05, 0) is 35.8 Å². The average Bonchev–Trinajstić information content (AvgIpc) is 3.34. The highest BCUT2D eigenvalue weighted by Crippen LogP contribution is 2.22. The van der Waals surface area contributed by atoms with Gasteiger partial charge in [0.1, 0.15) is 0 Å². The lowest BCUT2D eigenvalue weighted by molar-refractivity contribution is -0.141. The Bertz CT molecular complexity index is 613. The number of rotatable bonds is 4. The van der Waals surface area contributed by atoms with Crippen LogP contribution in [0.2, 0.25) is 0 Å². The Hall–Kier alpha value is -2.37. The first-order valence-corrected chi connectivity index (χ1v) is 8.25. The summed E-state index contributed by atoms with van der Waals surface area (Å²) < 4.78 is 0. The molecule has 3 N–H and O–H groups in total. The fourth-order valence-corrected chi connectivity index (χ4v) is 2.15. The predicted molar refractivity (Wildman–Crippen MR) is 90.9 cm³/mol. The van der Waals surface area contributed by atoms with Crippen molar-refractivity contribution in [2.45, 2.75) is 57.9 Å². The minimum atomic E-state index is -0.843. The smallest absolute Gasteiger partial charge is 0.327 e. The Morgan fingerprint density at radius 2 is 1.62 bits per heavy atom. The Kier molecular flexibility index (Phi) is 5.59. The molecule has 1 aliphatic carbocycles. The van der Waals surface area contributed by atoms with Crippen LogP contribution in [0.1, 0.15) is 51.2 Å². The highest BCUT2D eigenvalue weighted by atomic mass is 16.2. The van der Waals surface area contributed by atoms with E-state index < -0.39 is 11.8 Å². The molecule has 0 heterocycles. The van der Waals surface area contributed by atoms with Crippen LogP contribution in [0.15, 0.2) is 24.3 Å². The van der Waals surface area contributed by atoms with E-state index in [9.17, 15) is 14.4 Å². The molecule has 1 aliphatic rings. The molecule has 1 fully saturated rings. The first-order chi connectivity index (χ1) is 11.3. The molecule has 0 radical (unpaired) electrons. The summed E-state index contributed by atoms with van der Waals surface area (Å²) in [6, 6.07) is 8.26. The minimum Gasteiger partial charge on any atom is -0.345 e. The third-order valence-electron chi connectivity index (χ3n) is 3.89. The Morgan fingerprint density at radius 1 is 1.00 bits per heavy atom. The van der Waals surface area contributed by atoms with Crippen molar-refractivity contribution in [2.75, 3.05) is 0 Å². The van der Waals surface area contributed by atoms with Gasteiger partial charge in [-0.2, -0.15) is 0 Å². The lowest BCUT2D eigenvalue weighted by Gasteiger charge is -2.19. The van der Waals surface area contributed by atoms with Crippen molar-refractivity contribution in [3.63, 3.8) is 0 Å². The SMILES string of the molecule is CC(C)(C)c1ccc(CCC(=O)NNC(=O)C(=O)NC2CC2)cc1. The molecule has 0 spiro atoms. The average molecular weight is 331 g/mol. The van der Waals surface area contributed by atoms with E-state index in [1.807, 2.05) is 12.1 Å². The number of aryl methyl sites for hydroxylation is 1. The van der Waals surface area contributed by atoms with E-state index in [0.29, 0.717) is 6.42 Å². The second-order valence-electron chi connectivity index (χ2n) is 7.20. The largest absolute Gasteiger partial charge is 0.345 e. The molecule has 0 unspecified atom stereocenters. The van der Waals surface area contributed by atoms with Gasteiger partial charge in [0, 0.05) is 12.5 Å². The Balaban J connectivity index is 1.70. The second kappa shape index (κ2) is 7.47. The van der Waals surface area contributed by atoms with Gasteiger partial charge in [-0.1, -0.05) is 45.0 Å². The molecule has 6 nitrogen and oxygen atoms in total. The predicted octanol–water partition coefficient (Wildman–Crippen LogP) is 1.34. The van der Waals surface area contributed by atoms with Crippen LogP contribution in [-0.4, -0.2) is 23.8 Å². The highest BCUT2D eigenvalue weighted by Gasteiger charge is 2.26. The summed E-state index contributed by atoms with van der Waals surface area (Å²) in [5.74, 6) is -1.89. The summed E-state index contributed by atoms with van der Waals surface area (Å²) in [6.45, 7) is 6.45. The maximum Gasteiger partial charge on any atom is 0.327 e. The molecule has 0 aromatic heterocycles. The number of hydrogen-bond acceptors (Lipinski definition) is 3. The molecule has 0 aliphatic heterocycles. The molecule has 3 amide bonds. The third-order valence-corrected chi connectivity index (χ3v) is 3.89. The van der Waals surface area contributed by atoms with Crippen molar-refractivity contribution in [3.05, 3.63) is 35.4 Å². The van der Waals surface area contributed by atoms with E-state index in [1.54, 1.807) is 0 Å². The van der Waals surface area contributed by atoms with Gasteiger partial charge >= 0.3 is 11.8 Å². The van der Waals surface area contributed by atoms with Crippen LogP contribution in [0, 0.1) is 0 Å². The zero-order valence-electron chi connectivity index (χ0n) is 14.4. The molecule has 0 saturated heterocycles. The third kappa shape index (κ3) is 5.68. The zero-order valence-corrected chi connectivity index (χ0v) is 14.4. The Labute approximate surface area is 142 Å². The monoisotopic (exact) mass is 331 g/mol. The molecule has 0 atom stereocenters. The highest BCUT2D eigenvalue weighted by molar-refractivity contribution is 6.35. The van der Waals surface area contributed by atoms with E-state index in [4.69, 9.17) is 0 Å². The van der Waals surface area contributed by atoms with Crippen LogP contribution in [0.4, 0.5) is 0 Å². The fourth-order valence-electron chi connectivity index (χ4n) is 2.15. The van der Waals surface area contributed by atoms with Gasteiger partial charge in [0.25, 0.3) is 0 Å². The molecule has 1 aromatic rings.